The van der Waals surface area contributed by atoms with Gasteiger partial charge in [-0.2, -0.15) is 3.97 Å². The average Bonchev–Trinajstić information content (AvgIpc) is 3.27. The van der Waals surface area contributed by atoms with Gasteiger partial charge in [0, 0.05) is 12.1 Å². The first-order valence-corrected chi connectivity index (χ1v) is 10.00. The zero-order valence-electron chi connectivity index (χ0n) is 15.4. The van der Waals surface area contributed by atoms with Crippen molar-refractivity contribution >= 4 is 10.0 Å². The van der Waals surface area contributed by atoms with E-state index in [9.17, 15) is 23.7 Å². The molecule has 3 aromatic rings. The maximum Gasteiger partial charge on any atom is 0.329 e. The summed E-state index contributed by atoms with van der Waals surface area (Å²) in [4.78, 5) is -0.194. The molecule has 2 aromatic carbocycles. The molecule has 10 nitrogen and oxygen atoms in total. The van der Waals surface area contributed by atoms with Crippen molar-refractivity contribution in [1.29, 1.82) is 0 Å². The van der Waals surface area contributed by atoms with Crippen molar-refractivity contribution < 1.29 is 33.2 Å². The largest absolute Gasteiger partial charge is 0.508 e. The van der Waals surface area contributed by atoms with Gasteiger partial charge in [-0.15, -0.1) is 5.10 Å². The van der Waals surface area contributed by atoms with Crippen molar-refractivity contribution in [3.8, 4) is 40.4 Å². The lowest BCUT2D eigenvalue weighted by atomic mass is 9.98. The van der Waals surface area contributed by atoms with E-state index in [2.05, 4.69) is 10.2 Å². The Morgan fingerprint density at radius 2 is 1.72 bits per heavy atom. The first-order chi connectivity index (χ1) is 13.7. The summed E-state index contributed by atoms with van der Waals surface area (Å²) in [6.45, 7) is 3.62. The van der Waals surface area contributed by atoms with Crippen molar-refractivity contribution in [3.63, 3.8) is 0 Å². The normalized spacial score (nSPS) is 13.2. The van der Waals surface area contributed by atoms with Crippen molar-refractivity contribution in [3.05, 3.63) is 35.9 Å². The molecule has 1 aromatic heterocycles. The third-order valence-electron chi connectivity index (χ3n) is 4.50. The predicted molar refractivity (Wildman–Crippen MR) is 99.7 cm³/mol. The second-order valence-electron chi connectivity index (χ2n) is 6.69. The molecule has 152 valence electrons. The number of fused-ring (bicyclic) bond motifs is 1. The molecule has 0 spiro atoms. The molecule has 0 bridgehead atoms. The fraction of sp³-hybridized carbons (Fsp3) is 0.222. The first-order valence-electron chi connectivity index (χ1n) is 8.56. The van der Waals surface area contributed by atoms with E-state index in [1.54, 1.807) is 0 Å². The van der Waals surface area contributed by atoms with E-state index in [1.165, 1.54) is 24.3 Å². The number of rotatable bonds is 4. The van der Waals surface area contributed by atoms with Crippen LogP contribution in [0.5, 0.6) is 29.0 Å². The first kappa shape index (κ1) is 18.9. The molecule has 4 rings (SSSR count). The fourth-order valence-electron chi connectivity index (χ4n) is 3.03. The summed E-state index contributed by atoms with van der Waals surface area (Å²) < 4.78 is 37.3. The van der Waals surface area contributed by atoms with E-state index in [0.717, 1.165) is 6.07 Å². The topological polar surface area (TPSA) is 144 Å². The third kappa shape index (κ3) is 2.99. The third-order valence-corrected chi connectivity index (χ3v) is 6.16. The fourth-order valence-corrected chi connectivity index (χ4v) is 4.35. The molecule has 0 radical (unpaired) electrons. The minimum absolute atomic E-state index is 0.0105. The number of hydrogen-bond donors (Lipinski definition) is 3. The standard InChI is InChI=1S/C18H17N3O7S/c1-9(2)11-6-12(14(23)7-13(11)22)17-19-20-18(24)21(17)29(25,26)10-3-4-15-16(5-10)28-8-27-15/h3-7,9,22-23H,8H2,1-2H3,(H,20,24). The van der Waals surface area contributed by atoms with E-state index < -0.39 is 21.8 Å². The summed E-state index contributed by atoms with van der Waals surface area (Å²) in [5.41, 5.74) is 0.455. The van der Waals surface area contributed by atoms with Gasteiger partial charge in [-0.3, -0.25) is 0 Å². The maximum absolute atomic E-state index is 13.2. The molecule has 2 heterocycles. The number of nitrogens with zero attached hydrogens (tertiary/aromatic N) is 3. The maximum atomic E-state index is 13.2. The molecule has 0 unspecified atom stereocenters. The Kier molecular flexibility index (Phi) is 4.26. The molecule has 0 saturated heterocycles. The minimum atomic E-state index is -4.35. The Bertz CT molecular complexity index is 1220. The Balaban J connectivity index is 1.90. The monoisotopic (exact) mass is 419 g/mol. The molecule has 0 atom stereocenters. The van der Waals surface area contributed by atoms with Gasteiger partial charge in [0.15, 0.2) is 17.3 Å². The smallest absolute Gasteiger partial charge is 0.329 e. The highest BCUT2D eigenvalue weighted by Crippen LogP contribution is 2.40. The summed E-state index contributed by atoms with van der Waals surface area (Å²) in [5, 5.41) is 37.6. The quantitative estimate of drug-likeness (QED) is 0.579. The van der Waals surface area contributed by atoms with E-state index in [0.29, 0.717) is 15.3 Å². The molecule has 3 N–H and O–H groups in total. The molecule has 0 aliphatic carbocycles. The number of aromatic nitrogens is 3. The summed E-state index contributed by atoms with van der Waals surface area (Å²) in [6, 6.07) is 5.61. The second-order valence-corrected chi connectivity index (χ2v) is 8.48. The van der Waals surface area contributed by atoms with E-state index in [1.807, 2.05) is 13.8 Å². The Morgan fingerprint density at radius 1 is 1.00 bits per heavy atom. The van der Waals surface area contributed by atoms with Crippen LogP contribution in [0.2, 0.25) is 0 Å². The van der Waals surface area contributed by atoms with Crippen LogP contribution in [0, 0.1) is 0 Å². The zero-order valence-corrected chi connectivity index (χ0v) is 16.2. The molecular formula is C18H17N3O7S. The number of benzene rings is 2. The Labute approximate surface area is 165 Å². The van der Waals surface area contributed by atoms with Crippen LogP contribution >= 0.6 is 0 Å². The van der Waals surface area contributed by atoms with Crippen LogP contribution in [0.15, 0.2) is 35.2 Å². The van der Waals surface area contributed by atoms with Crippen molar-refractivity contribution in [2.45, 2.75) is 24.7 Å². The Morgan fingerprint density at radius 3 is 2.45 bits per heavy atom. The summed E-state index contributed by atoms with van der Waals surface area (Å²) in [7, 11) is -4.35. The summed E-state index contributed by atoms with van der Waals surface area (Å²) in [5.74, 6) is -0.342. The predicted octanol–water partition coefficient (Wildman–Crippen LogP) is 2.15. The highest BCUT2D eigenvalue weighted by molar-refractivity contribution is 7.90. The van der Waals surface area contributed by atoms with Crippen LogP contribution in [-0.2, 0) is 10.0 Å². The highest BCUT2D eigenvalue weighted by atomic mass is 32.2. The summed E-state index contributed by atoms with van der Waals surface area (Å²) >= 11 is 0. The number of aromatic hydroxyl groups is 3. The van der Waals surface area contributed by atoms with Gasteiger partial charge in [0.25, 0.3) is 10.0 Å². The van der Waals surface area contributed by atoms with E-state index in [-0.39, 0.29) is 40.5 Å². The number of hydrogen-bond acceptors (Lipinski definition) is 9. The van der Waals surface area contributed by atoms with Crippen molar-refractivity contribution in [2.24, 2.45) is 0 Å². The van der Waals surface area contributed by atoms with Gasteiger partial charge in [-0.05, 0) is 29.7 Å². The van der Waals surface area contributed by atoms with Gasteiger partial charge in [0.2, 0.25) is 6.79 Å². The molecule has 1 aliphatic heterocycles. The highest BCUT2D eigenvalue weighted by Gasteiger charge is 2.30. The van der Waals surface area contributed by atoms with Crippen LogP contribution in [0.1, 0.15) is 25.3 Å². The molecule has 0 fully saturated rings. The van der Waals surface area contributed by atoms with E-state index >= 15 is 0 Å². The lowest BCUT2D eigenvalue weighted by Gasteiger charge is -2.14. The lowest BCUT2D eigenvalue weighted by Crippen LogP contribution is -2.14. The van der Waals surface area contributed by atoms with Crippen LogP contribution in [0.4, 0.5) is 0 Å². The number of ether oxygens (including phenoxy) is 2. The van der Waals surface area contributed by atoms with Gasteiger partial charge in [-0.1, -0.05) is 18.9 Å². The number of phenolic OH excluding ortho intramolecular Hbond substituents is 2. The SMILES string of the molecule is CC(C)c1cc(-c2nnc(O)n2S(=O)(=O)c2ccc3c(c2)OCO3)c(O)cc1O. The zero-order chi connectivity index (χ0) is 20.9. The molecule has 1 aliphatic rings. The minimum Gasteiger partial charge on any atom is -0.508 e. The lowest BCUT2D eigenvalue weighted by molar-refractivity contribution is 0.174. The van der Waals surface area contributed by atoms with Gasteiger partial charge in [0.1, 0.15) is 11.5 Å². The second kappa shape index (κ2) is 6.55. The summed E-state index contributed by atoms with van der Waals surface area (Å²) in [6.07, 6.45) is 0. The van der Waals surface area contributed by atoms with Gasteiger partial charge < -0.3 is 24.8 Å². The molecule has 0 amide bonds. The van der Waals surface area contributed by atoms with Crippen LogP contribution in [0.25, 0.3) is 11.4 Å². The van der Waals surface area contributed by atoms with Crippen LogP contribution in [0.3, 0.4) is 0 Å². The Hall–Kier alpha value is -3.47. The molecule has 11 heteroatoms. The van der Waals surface area contributed by atoms with Crippen LogP contribution < -0.4 is 9.47 Å². The molecule has 29 heavy (non-hydrogen) atoms. The van der Waals surface area contributed by atoms with Gasteiger partial charge in [0.05, 0.1) is 10.5 Å². The van der Waals surface area contributed by atoms with Crippen molar-refractivity contribution in [1.82, 2.24) is 14.2 Å². The van der Waals surface area contributed by atoms with Crippen LogP contribution in [-0.4, -0.2) is 44.7 Å². The number of phenols is 2. The molecular weight excluding hydrogens is 402 g/mol. The van der Waals surface area contributed by atoms with Crippen molar-refractivity contribution in [2.75, 3.05) is 6.79 Å². The van der Waals surface area contributed by atoms with Gasteiger partial charge in [-0.25, -0.2) is 8.42 Å². The van der Waals surface area contributed by atoms with Gasteiger partial charge >= 0.3 is 6.01 Å². The average molecular weight is 419 g/mol. The van der Waals surface area contributed by atoms with E-state index in [4.69, 9.17) is 9.47 Å². The molecule has 0 saturated carbocycles.